The molecule has 0 aliphatic rings. The predicted molar refractivity (Wildman–Crippen MR) is 47.9 cm³/mol. The standard InChI is InChI=1S/C10H18O3/c1-9(2,3)7(11)6-10(4,5)8(12)13/h6H2,1-5H3,(H,12,13)/p-1. The van der Waals surface area contributed by atoms with Crippen molar-refractivity contribution in [1.29, 1.82) is 0 Å². The van der Waals surface area contributed by atoms with E-state index >= 15 is 0 Å². The van der Waals surface area contributed by atoms with Gasteiger partial charge in [0.2, 0.25) is 0 Å². The first-order valence-electron chi connectivity index (χ1n) is 4.32. The summed E-state index contributed by atoms with van der Waals surface area (Å²) in [5.74, 6) is -1.23. The van der Waals surface area contributed by atoms with Gasteiger partial charge < -0.3 is 9.90 Å². The van der Waals surface area contributed by atoms with E-state index in [-0.39, 0.29) is 12.2 Å². The topological polar surface area (TPSA) is 57.2 Å². The molecule has 0 heterocycles. The normalized spacial score (nSPS) is 12.7. The van der Waals surface area contributed by atoms with Crippen molar-refractivity contribution in [3.63, 3.8) is 0 Å². The molecule has 13 heavy (non-hydrogen) atoms. The fraction of sp³-hybridized carbons (Fsp3) is 0.800. The Balaban J connectivity index is 4.47. The molecule has 0 N–H and O–H groups in total. The van der Waals surface area contributed by atoms with Crippen molar-refractivity contribution in [3.8, 4) is 0 Å². The number of hydrogen-bond acceptors (Lipinski definition) is 3. The van der Waals surface area contributed by atoms with Crippen LogP contribution in [-0.4, -0.2) is 11.8 Å². The molecule has 0 fully saturated rings. The van der Waals surface area contributed by atoms with E-state index in [2.05, 4.69) is 0 Å². The van der Waals surface area contributed by atoms with Gasteiger partial charge in [-0.1, -0.05) is 34.6 Å². The average Bonchev–Trinajstić information content (AvgIpc) is 1.83. The summed E-state index contributed by atoms with van der Waals surface area (Å²) in [6.07, 6.45) is 0.0266. The quantitative estimate of drug-likeness (QED) is 0.652. The summed E-state index contributed by atoms with van der Waals surface area (Å²) in [6, 6.07) is 0. The molecule has 0 aromatic carbocycles. The summed E-state index contributed by atoms with van der Waals surface area (Å²) in [4.78, 5) is 22.1. The van der Waals surface area contributed by atoms with Gasteiger partial charge in [0.05, 0.1) is 0 Å². The number of ketones is 1. The van der Waals surface area contributed by atoms with E-state index in [9.17, 15) is 14.7 Å². The van der Waals surface area contributed by atoms with Crippen molar-refractivity contribution < 1.29 is 14.7 Å². The highest BCUT2D eigenvalue weighted by Gasteiger charge is 2.29. The zero-order valence-corrected chi connectivity index (χ0v) is 8.93. The number of hydrogen-bond donors (Lipinski definition) is 0. The van der Waals surface area contributed by atoms with Gasteiger partial charge in [-0.25, -0.2) is 0 Å². The Kier molecular flexibility index (Phi) is 3.25. The van der Waals surface area contributed by atoms with Gasteiger partial charge in [0.1, 0.15) is 5.78 Å². The molecule has 0 atom stereocenters. The van der Waals surface area contributed by atoms with Crippen LogP contribution in [0.5, 0.6) is 0 Å². The molecule has 0 amide bonds. The fourth-order valence-electron chi connectivity index (χ4n) is 0.739. The van der Waals surface area contributed by atoms with E-state index in [0.717, 1.165) is 0 Å². The molecule has 0 aliphatic heterocycles. The van der Waals surface area contributed by atoms with E-state index in [0.29, 0.717) is 0 Å². The van der Waals surface area contributed by atoms with Crippen LogP contribution < -0.4 is 5.11 Å². The summed E-state index contributed by atoms with van der Waals surface area (Å²) < 4.78 is 0. The molecule has 0 radical (unpaired) electrons. The van der Waals surface area contributed by atoms with Gasteiger partial charge in [-0.3, -0.25) is 4.79 Å². The Morgan fingerprint density at radius 3 is 1.69 bits per heavy atom. The van der Waals surface area contributed by atoms with Crippen molar-refractivity contribution in [2.45, 2.75) is 41.0 Å². The highest BCUT2D eigenvalue weighted by molar-refractivity contribution is 5.88. The SMILES string of the molecule is CC(C)(C)C(=O)CC(C)(C)C(=O)[O-]. The molecule has 3 heteroatoms. The van der Waals surface area contributed by atoms with Crippen molar-refractivity contribution in [2.24, 2.45) is 10.8 Å². The largest absolute Gasteiger partial charge is 0.550 e. The predicted octanol–water partition coefficient (Wildman–Crippen LogP) is 0.768. The lowest BCUT2D eigenvalue weighted by molar-refractivity contribution is -0.317. The molecule has 0 bridgehead atoms. The minimum atomic E-state index is -1.18. The Morgan fingerprint density at radius 1 is 1.08 bits per heavy atom. The molecule has 0 unspecified atom stereocenters. The zero-order chi connectivity index (χ0) is 10.9. The number of carboxylic acid groups (broad SMARTS) is 1. The van der Waals surface area contributed by atoms with Crippen LogP contribution in [0, 0.1) is 10.8 Å². The smallest absolute Gasteiger partial charge is 0.139 e. The molecule has 3 nitrogen and oxygen atoms in total. The monoisotopic (exact) mass is 185 g/mol. The number of carbonyl (C=O) groups excluding carboxylic acids is 2. The van der Waals surface area contributed by atoms with Crippen molar-refractivity contribution >= 4 is 11.8 Å². The van der Waals surface area contributed by atoms with E-state index in [1.165, 1.54) is 13.8 Å². The third-order valence-electron chi connectivity index (χ3n) is 1.99. The number of carboxylic acids is 1. The summed E-state index contributed by atoms with van der Waals surface area (Å²) in [5.41, 5.74) is -1.54. The summed E-state index contributed by atoms with van der Waals surface area (Å²) in [6.45, 7) is 8.35. The maximum Gasteiger partial charge on any atom is 0.139 e. The van der Waals surface area contributed by atoms with Crippen LogP contribution >= 0.6 is 0 Å². The highest BCUT2D eigenvalue weighted by atomic mass is 16.4. The molecule has 0 saturated heterocycles. The zero-order valence-electron chi connectivity index (χ0n) is 8.93. The summed E-state index contributed by atoms with van der Waals surface area (Å²) in [5, 5.41) is 10.6. The molecular formula is C10H17O3-. The third-order valence-corrected chi connectivity index (χ3v) is 1.99. The second-order valence-electron chi connectivity index (χ2n) is 5.02. The third kappa shape index (κ3) is 3.57. The Labute approximate surface area is 79.1 Å². The Morgan fingerprint density at radius 2 is 1.46 bits per heavy atom. The minimum absolute atomic E-state index is 0.0266. The van der Waals surface area contributed by atoms with E-state index in [1.54, 1.807) is 20.8 Å². The van der Waals surface area contributed by atoms with Gasteiger partial charge in [0.25, 0.3) is 0 Å². The lowest BCUT2D eigenvalue weighted by atomic mass is 9.79. The summed E-state index contributed by atoms with van der Waals surface area (Å²) in [7, 11) is 0. The first-order valence-corrected chi connectivity index (χ1v) is 4.32. The van der Waals surface area contributed by atoms with Crippen LogP contribution in [0.1, 0.15) is 41.0 Å². The van der Waals surface area contributed by atoms with Crippen LogP contribution in [0.4, 0.5) is 0 Å². The molecule has 76 valence electrons. The van der Waals surface area contributed by atoms with Crippen LogP contribution in [0.2, 0.25) is 0 Å². The first-order chi connectivity index (χ1) is 5.57. The van der Waals surface area contributed by atoms with Gasteiger partial charge in [-0.05, 0) is 0 Å². The fourth-order valence-corrected chi connectivity index (χ4v) is 0.739. The van der Waals surface area contributed by atoms with Gasteiger partial charge in [-0.2, -0.15) is 0 Å². The second-order valence-corrected chi connectivity index (χ2v) is 5.02. The van der Waals surface area contributed by atoms with Crippen molar-refractivity contribution in [2.75, 3.05) is 0 Å². The van der Waals surface area contributed by atoms with Gasteiger partial charge >= 0.3 is 0 Å². The molecule has 0 aromatic heterocycles. The maximum absolute atomic E-state index is 11.5. The molecule has 0 spiro atoms. The minimum Gasteiger partial charge on any atom is -0.550 e. The molecule has 0 saturated carbocycles. The first kappa shape index (κ1) is 12.1. The lowest BCUT2D eigenvalue weighted by Crippen LogP contribution is -2.41. The van der Waals surface area contributed by atoms with Gasteiger partial charge in [0, 0.05) is 23.2 Å². The van der Waals surface area contributed by atoms with Crippen LogP contribution in [0.15, 0.2) is 0 Å². The van der Waals surface area contributed by atoms with E-state index in [1.807, 2.05) is 0 Å². The van der Waals surface area contributed by atoms with E-state index in [4.69, 9.17) is 0 Å². The molecule has 0 aliphatic carbocycles. The number of aliphatic carboxylic acids is 1. The van der Waals surface area contributed by atoms with Gasteiger partial charge in [0.15, 0.2) is 0 Å². The van der Waals surface area contributed by atoms with Crippen LogP contribution in [-0.2, 0) is 9.59 Å². The summed E-state index contributed by atoms with van der Waals surface area (Å²) >= 11 is 0. The number of rotatable bonds is 3. The maximum atomic E-state index is 11.5. The Bertz CT molecular complexity index is 221. The van der Waals surface area contributed by atoms with E-state index < -0.39 is 16.8 Å². The average molecular weight is 185 g/mol. The molecular weight excluding hydrogens is 168 g/mol. The molecule has 0 aromatic rings. The number of Topliss-reactive ketones (excluding diaryl/α,β-unsaturated/α-hetero) is 1. The number of carbonyl (C=O) groups is 2. The van der Waals surface area contributed by atoms with Crippen LogP contribution in [0.3, 0.4) is 0 Å². The highest BCUT2D eigenvalue weighted by Crippen LogP contribution is 2.26. The van der Waals surface area contributed by atoms with Crippen molar-refractivity contribution in [1.82, 2.24) is 0 Å². The van der Waals surface area contributed by atoms with Crippen molar-refractivity contribution in [3.05, 3.63) is 0 Å². The molecule has 0 rings (SSSR count). The Hall–Kier alpha value is -0.860. The van der Waals surface area contributed by atoms with Crippen LogP contribution in [0.25, 0.3) is 0 Å². The van der Waals surface area contributed by atoms with Gasteiger partial charge in [-0.15, -0.1) is 0 Å². The second kappa shape index (κ2) is 3.48. The lowest BCUT2D eigenvalue weighted by Gasteiger charge is -2.28.